The predicted molar refractivity (Wildman–Crippen MR) is 69.8 cm³/mol. The number of ether oxygens (including phenoxy) is 2. The highest BCUT2D eigenvalue weighted by molar-refractivity contribution is 5.70. The Bertz CT molecular complexity index is 415. The number of hydrogen-bond acceptors (Lipinski definition) is 6. The standard InChI is InChI=1S/C13H20N2O6/c1-10(19-8-7-16)9-20-12(17)14-11-5-3-2-4-6-15(11)13(18)21-15/h7,10-11H,2-6,8-9H2,1H3/p+1. The maximum absolute atomic E-state index is 11.8. The van der Waals surface area contributed by atoms with Crippen molar-refractivity contribution in [2.45, 2.75) is 44.9 Å². The van der Waals surface area contributed by atoms with Crippen LogP contribution in [0.5, 0.6) is 0 Å². The fourth-order valence-electron chi connectivity index (χ4n) is 2.47. The highest BCUT2D eigenvalue weighted by atomic mass is 16.9. The summed E-state index contributed by atoms with van der Waals surface area (Å²) >= 11 is 0. The molecule has 1 spiro atoms. The van der Waals surface area contributed by atoms with E-state index in [-0.39, 0.29) is 30.1 Å². The molecule has 21 heavy (non-hydrogen) atoms. The Labute approximate surface area is 122 Å². The van der Waals surface area contributed by atoms with Gasteiger partial charge in [0.2, 0.25) is 6.17 Å². The number of alkyl carbamates (subject to hydrolysis) is 1. The first kappa shape index (κ1) is 15.7. The summed E-state index contributed by atoms with van der Waals surface area (Å²) in [5.41, 5.74) is 0. The van der Waals surface area contributed by atoms with E-state index in [1.807, 2.05) is 0 Å². The Balaban J connectivity index is 1.78. The molecule has 0 bridgehead atoms. The number of amides is 2. The van der Waals surface area contributed by atoms with Crippen molar-refractivity contribution < 1.29 is 33.3 Å². The molecule has 3 unspecified atom stereocenters. The van der Waals surface area contributed by atoms with Crippen molar-refractivity contribution >= 4 is 18.5 Å². The lowest BCUT2D eigenvalue weighted by molar-refractivity contribution is -0.919. The lowest BCUT2D eigenvalue weighted by Gasteiger charge is -2.19. The normalized spacial score (nSPS) is 29.2. The van der Waals surface area contributed by atoms with Gasteiger partial charge in [-0.2, -0.15) is 9.63 Å². The van der Waals surface area contributed by atoms with Crippen molar-refractivity contribution in [3.63, 3.8) is 0 Å². The summed E-state index contributed by atoms with van der Waals surface area (Å²) in [6.07, 6.45) is 2.50. The van der Waals surface area contributed by atoms with Gasteiger partial charge in [0.15, 0.2) is 0 Å². The van der Waals surface area contributed by atoms with Crippen molar-refractivity contribution in [3.8, 4) is 0 Å². The second kappa shape index (κ2) is 6.86. The molecule has 0 aromatic heterocycles. The first-order chi connectivity index (χ1) is 10.1. The number of carbonyl (C=O) groups excluding carboxylic acids is 3. The van der Waals surface area contributed by atoms with E-state index in [2.05, 4.69) is 5.32 Å². The van der Waals surface area contributed by atoms with Crippen molar-refractivity contribution in [2.24, 2.45) is 0 Å². The molecule has 118 valence electrons. The van der Waals surface area contributed by atoms with Crippen LogP contribution < -0.4 is 5.32 Å². The summed E-state index contributed by atoms with van der Waals surface area (Å²) in [5, 5.41) is 2.69. The predicted octanol–water partition coefficient (Wildman–Crippen LogP) is 1.10. The van der Waals surface area contributed by atoms with Gasteiger partial charge in [-0.05, 0) is 24.4 Å². The van der Waals surface area contributed by atoms with Gasteiger partial charge in [0.25, 0.3) is 0 Å². The van der Waals surface area contributed by atoms with E-state index in [9.17, 15) is 14.4 Å². The van der Waals surface area contributed by atoms with E-state index >= 15 is 0 Å². The number of hydroxylamine groups is 3. The van der Waals surface area contributed by atoms with Gasteiger partial charge in [-0.15, -0.1) is 0 Å². The molecule has 8 nitrogen and oxygen atoms in total. The van der Waals surface area contributed by atoms with Crippen LogP contribution in [0.15, 0.2) is 0 Å². The van der Waals surface area contributed by atoms with Crippen LogP contribution in [0.1, 0.15) is 32.6 Å². The number of nitrogens with zero attached hydrogens (tertiary/aromatic N) is 1. The van der Waals surface area contributed by atoms with Crippen molar-refractivity contribution in [3.05, 3.63) is 0 Å². The molecule has 2 fully saturated rings. The number of rotatable bonds is 6. The molecule has 2 aliphatic heterocycles. The average Bonchev–Trinajstić information content (AvgIpc) is 3.16. The zero-order valence-corrected chi connectivity index (χ0v) is 12.1. The van der Waals surface area contributed by atoms with E-state index in [0.717, 1.165) is 19.3 Å². The molecular weight excluding hydrogens is 280 g/mol. The van der Waals surface area contributed by atoms with Crippen LogP contribution in [-0.4, -0.2) is 55.1 Å². The molecule has 1 N–H and O–H groups in total. The Morgan fingerprint density at radius 1 is 1.52 bits per heavy atom. The summed E-state index contributed by atoms with van der Waals surface area (Å²) in [7, 11) is 0. The second-order valence-electron chi connectivity index (χ2n) is 5.29. The van der Waals surface area contributed by atoms with Crippen LogP contribution in [0.4, 0.5) is 9.59 Å². The third kappa shape index (κ3) is 3.92. The Morgan fingerprint density at radius 2 is 2.29 bits per heavy atom. The Morgan fingerprint density at radius 3 is 2.95 bits per heavy atom. The molecule has 2 heterocycles. The molecule has 2 saturated heterocycles. The zero-order chi connectivity index (χ0) is 15.3. The van der Waals surface area contributed by atoms with Crippen LogP contribution in [0.25, 0.3) is 0 Å². The number of carbonyl (C=O) groups is 3. The van der Waals surface area contributed by atoms with Crippen LogP contribution in [0, 0.1) is 0 Å². The molecule has 0 aromatic carbocycles. The molecule has 0 aliphatic carbocycles. The van der Waals surface area contributed by atoms with Gasteiger partial charge in [-0.3, -0.25) is 5.32 Å². The molecule has 2 aliphatic rings. The van der Waals surface area contributed by atoms with Crippen molar-refractivity contribution in [1.29, 1.82) is 0 Å². The summed E-state index contributed by atoms with van der Waals surface area (Å²) in [6, 6.07) is 0. The SMILES string of the molecule is CC(COC(=O)NC1CCCCC[N+]12OC2=O)OCC=O. The minimum atomic E-state index is -0.607. The second-order valence-corrected chi connectivity index (χ2v) is 5.29. The maximum atomic E-state index is 11.8. The number of aldehydes is 1. The van der Waals surface area contributed by atoms with Gasteiger partial charge in [0.1, 0.15) is 26.0 Å². The van der Waals surface area contributed by atoms with Gasteiger partial charge in [0.05, 0.1) is 6.10 Å². The van der Waals surface area contributed by atoms with Crippen LogP contribution in [0.2, 0.25) is 0 Å². The third-order valence-corrected chi connectivity index (χ3v) is 3.67. The molecule has 2 amide bonds. The number of quaternary nitrogens is 1. The molecule has 0 saturated carbocycles. The first-order valence-corrected chi connectivity index (χ1v) is 7.19. The van der Waals surface area contributed by atoms with Gasteiger partial charge >= 0.3 is 12.2 Å². The molecule has 2 rings (SSSR count). The largest absolute Gasteiger partial charge is 0.611 e. The van der Waals surface area contributed by atoms with Crippen molar-refractivity contribution in [2.75, 3.05) is 19.8 Å². The van der Waals surface area contributed by atoms with E-state index in [1.54, 1.807) is 6.92 Å². The van der Waals surface area contributed by atoms with E-state index in [0.29, 0.717) is 19.3 Å². The average molecular weight is 301 g/mol. The number of nitrogens with one attached hydrogen (secondary N) is 1. The smallest absolute Gasteiger partial charge is 0.447 e. The molecule has 0 radical (unpaired) electrons. The van der Waals surface area contributed by atoms with Gasteiger partial charge in [-0.25, -0.2) is 4.79 Å². The van der Waals surface area contributed by atoms with Gasteiger partial charge in [-0.1, -0.05) is 0 Å². The van der Waals surface area contributed by atoms with Gasteiger partial charge < -0.3 is 14.3 Å². The highest BCUT2D eigenvalue weighted by Crippen LogP contribution is 2.36. The minimum Gasteiger partial charge on any atom is -0.447 e. The lowest BCUT2D eigenvalue weighted by Crippen LogP contribution is -2.50. The highest BCUT2D eigenvalue weighted by Gasteiger charge is 2.67. The third-order valence-electron chi connectivity index (χ3n) is 3.67. The monoisotopic (exact) mass is 301 g/mol. The quantitative estimate of drug-likeness (QED) is 0.448. The molecule has 3 atom stereocenters. The molecule has 0 aromatic rings. The van der Waals surface area contributed by atoms with Gasteiger partial charge in [0, 0.05) is 12.8 Å². The summed E-state index contributed by atoms with van der Waals surface area (Å²) in [6.45, 7) is 2.30. The Hall–Kier alpha value is -1.67. The Kier molecular flexibility index (Phi) is 5.13. The summed E-state index contributed by atoms with van der Waals surface area (Å²) in [4.78, 5) is 38.5. The molecular formula is C13H21N2O6+. The van der Waals surface area contributed by atoms with Crippen LogP contribution in [-0.2, 0) is 19.1 Å². The zero-order valence-electron chi connectivity index (χ0n) is 12.1. The first-order valence-electron chi connectivity index (χ1n) is 7.19. The topological polar surface area (TPSA) is 94.2 Å². The summed E-state index contributed by atoms with van der Waals surface area (Å²) in [5.74, 6) is 0. The maximum Gasteiger partial charge on any atom is 0.611 e. The fourth-order valence-corrected chi connectivity index (χ4v) is 2.47. The fraction of sp³-hybridized carbons (Fsp3) is 0.769. The lowest BCUT2D eigenvalue weighted by atomic mass is 10.2. The van der Waals surface area contributed by atoms with E-state index in [4.69, 9.17) is 14.3 Å². The van der Waals surface area contributed by atoms with Crippen LogP contribution >= 0.6 is 0 Å². The van der Waals surface area contributed by atoms with E-state index < -0.39 is 12.3 Å². The molecule has 8 heteroatoms. The van der Waals surface area contributed by atoms with Crippen LogP contribution in [0.3, 0.4) is 0 Å². The summed E-state index contributed by atoms with van der Waals surface area (Å²) < 4.78 is 9.98. The van der Waals surface area contributed by atoms with E-state index in [1.165, 1.54) is 0 Å². The minimum absolute atomic E-state index is 0.0306. The number of hydrogen-bond donors (Lipinski definition) is 1. The van der Waals surface area contributed by atoms with Crippen molar-refractivity contribution in [1.82, 2.24) is 5.32 Å².